The van der Waals surface area contributed by atoms with Crippen LogP contribution in [0.15, 0.2) is 31.0 Å². The summed E-state index contributed by atoms with van der Waals surface area (Å²) in [5.74, 6) is -0.987. The van der Waals surface area contributed by atoms with Crippen LogP contribution in [0.3, 0.4) is 0 Å². The van der Waals surface area contributed by atoms with E-state index < -0.39 is 5.97 Å². The third-order valence-electron chi connectivity index (χ3n) is 1.79. The van der Waals surface area contributed by atoms with Crippen molar-refractivity contribution in [2.24, 2.45) is 0 Å². The maximum absolute atomic E-state index is 10.7. The van der Waals surface area contributed by atoms with Crippen LogP contribution in [0.25, 0.3) is 11.3 Å². The van der Waals surface area contributed by atoms with Gasteiger partial charge >= 0.3 is 5.97 Å². The van der Waals surface area contributed by atoms with Crippen molar-refractivity contribution >= 4 is 5.97 Å². The minimum Gasteiger partial charge on any atom is -0.478 e. The SMILES string of the molecule is O=C(O)c1cncc(-c2cnc[nH]2)c1. The van der Waals surface area contributed by atoms with E-state index in [1.165, 1.54) is 12.5 Å². The first kappa shape index (κ1) is 8.43. The molecule has 0 fully saturated rings. The molecule has 0 atom stereocenters. The van der Waals surface area contributed by atoms with E-state index >= 15 is 0 Å². The topological polar surface area (TPSA) is 78.9 Å². The lowest BCUT2D eigenvalue weighted by molar-refractivity contribution is 0.0696. The van der Waals surface area contributed by atoms with Gasteiger partial charge in [-0.05, 0) is 6.07 Å². The Kier molecular flexibility index (Phi) is 1.98. The Labute approximate surface area is 79.5 Å². The minimum absolute atomic E-state index is 0.164. The predicted molar refractivity (Wildman–Crippen MR) is 48.8 cm³/mol. The Morgan fingerprint density at radius 1 is 1.29 bits per heavy atom. The van der Waals surface area contributed by atoms with Crippen LogP contribution < -0.4 is 0 Å². The molecule has 2 heterocycles. The van der Waals surface area contributed by atoms with Gasteiger partial charge in [0.2, 0.25) is 0 Å². The van der Waals surface area contributed by atoms with Gasteiger partial charge in [0, 0.05) is 18.0 Å². The summed E-state index contributed by atoms with van der Waals surface area (Å²) in [5.41, 5.74) is 1.63. The number of hydrogen-bond donors (Lipinski definition) is 2. The van der Waals surface area contributed by atoms with Crippen LogP contribution in [0, 0.1) is 0 Å². The van der Waals surface area contributed by atoms with Gasteiger partial charge in [0.25, 0.3) is 0 Å². The summed E-state index contributed by atoms with van der Waals surface area (Å²) in [7, 11) is 0. The molecule has 0 aliphatic heterocycles. The first-order valence-electron chi connectivity index (χ1n) is 3.94. The van der Waals surface area contributed by atoms with Crippen molar-refractivity contribution in [3.05, 3.63) is 36.5 Å². The molecule has 0 saturated heterocycles. The predicted octanol–water partition coefficient (Wildman–Crippen LogP) is 1.17. The fourth-order valence-electron chi connectivity index (χ4n) is 1.12. The molecule has 5 nitrogen and oxygen atoms in total. The fraction of sp³-hybridized carbons (Fsp3) is 0. The number of rotatable bonds is 2. The molecule has 0 amide bonds. The number of hydrogen-bond acceptors (Lipinski definition) is 3. The molecule has 0 aliphatic rings. The van der Waals surface area contributed by atoms with Gasteiger partial charge in [0.15, 0.2) is 0 Å². The van der Waals surface area contributed by atoms with Crippen LogP contribution in [-0.4, -0.2) is 26.0 Å². The van der Waals surface area contributed by atoms with Crippen molar-refractivity contribution < 1.29 is 9.90 Å². The zero-order chi connectivity index (χ0) is 9.97. The van der Waals surface area contributed by atoms with E-state index in [0.717, 1.165) is 5.69 Å². The summed E-state index contributed by atoms with van der Waals surface area (Å²) in [5, 5.41) is 8.74. The number of pyridine rings is 1. The first-order chi connectivity index (χ1) is 6.77. The highest BCUT2D eigenvalue weighted by Crippen LogP contribution is 2.15. The number of carboxylic acids is 1. The van der Waals surface area contributed by atoms with E-state index in [9.17, 15) is 4.79 Å². The Morgan fingerprint density at radius 3 is 2.79 bits per heavy atom. The lowest BCUT2D eigenvalue weighted by atomic mass is 10.2. The largest absolute Gasteiger partial charge is 0.478 e. The van der Waals surface area contributed by atoms with Crippen LogP contribution in [-0.2, 0) is 0 Å². The number of H-pyrrole nitrogens is 1. The monoisotopic (exact) mass is 189 g/mol. The summed E-state index contributed by atoms with van der Waals surface area (Å²) < 4.78 is 0. The summed E-state index contributed by atoms with van der Waals surface area (Å²) in [6.45, 7) is 0. The van der Waals surface area contributed by atoms with Gasteiger partial charge < -0.3 is 10.1 Å². The molecular formula is C9H7N3O2. The summed E-state index contributed by atoms with van der Waals surface area (Å²) in [4.78, 5) is 21.2. The molecule has 2 aromatic rings. The Morgan fingerprint density at radius 2 is 2.14 bits per heavy atom. The average Bonchev–Trinajstić information content (AvgIpc) is 2.71. The van der Waals surface area contributed by atoms with E-state index in [-0.39, 0.29) is 5.56 Å². The summed E-state index contributed by atoms with van der Waals surface area (Å²) in [6.07, 6.45) is 6.04. The van der Waals surface area contributed by atoms with Crippen molar-refractivity contribution in [1.29, 1.82) is 0 Å². The molecule has 2 rings (SSSR count). The maximum atomic E-state index is 10.7. The van der Waals surface area contributed by atoms with Gasteiger partial charge in [-0.2, -0.15) is 0 Å². The lowest BCUT2D eigenvalue weighted by Gasteiger charge is -1.97. The molecule has 70 valence electrons. The van der Waals surface area contributed by atoms with Crippen LogP contribution in [0.2, 0.25) is 0 Å². The van der Waals surface area contributed by atoms with Crippen molar-refractivity contribution in [1.82, 2.24) is 15.0 Å². The highest BCUT2D eigenvalue weighted by molar-refractivity contribution is 5.88. The van der Waals surface area contributed by atoms with Crippen molar-refractivity contribution in [2.75, 3.05) is 0 Å². The normalized spacial score (nSPS) is 10.0. The smallest absolute Gasteiger partial charge is 0.337 e. The highest BCUT2D eigenvalue weighted by Gasteiger charge is 2.05. The van der Waals surface area contributed by atoms with Gasteiger partial charge in [-0.15, -0.1) is 0 Å². The minimum atomic E-state index is -0.987. The second-order valence-electron chi connectivity index (χ2n) is 2.73. The van der Waals surface area contributed by atoms with Crippen molar-refractivity contribution in [3.63, 3.8) is 0 Å². The zero-order valence-electron chi connectivity index (χ0n) is 7.14. The molecule has 0 aromatic carbocycles. The summed E-state index contributed by atoms with van der Waals surface area (Å²) >= 11 is 0. The first-order valence-corrected chi connectivity index (χ1v) is 3.94. The molecule has 14 heavy (non-hydrogen) atoms. The van der Waals surface area contributed by atoms with Crippen LogP contribution in [0.5, 0.6) is 0 Å². The molecule has 2 N–H and O–H groups in total. The van der Waals surface area contributed by atoms with Crippen molar-refractivity contribution in [2.45, 2.75) is 0 Å². The average molecular weight is 189 g/mol. The molecule has 0 aliphatic carbocycles. The number of carboxylic acid groups (broad SMARTS) is 1. The van der Waals surface area contributed by atoms with Gasteiger partial charge in [-0.3, -0.25) is 4.98 Å². The Hall–Kier alpha value is -2.17. The number of nitrogens with one attached hydrogen (secondary N) is 1. The lowest BCUT2D eigenvalue weighted by Crippen LogP contribution is -1.97. The molecule has 0 spiro atoms. The molecular weight excluding hydrogens is 182 g/mol. The van der Waals surface area contributed by atoms with E-state index in [1.54, 1.807) is 18.5 Å². The zero-order valence-corrected chi connectivity index (χ0v) is 7.14. The van der Waals surface area contributed by atoms with Gasteiger partial charge in [-0.25, -0.2) is 9.78 Å². The van der Waals surface area contributed by atoms with Crippen LogP contribution >= 0.6 is 0 Å². The van der Waals surface area contributed by atoms with Gasteiger partial charge in [0.05, 0.1) is 23.8 Å². The quantitative estimate of drug-likeness (QED) is 0.743. The number of nitrogens with zero attached hydrogens (tertiary/aromatic N) is 2. The summed E-state index contributed by atoms with van der Waals surface area (Å²) in [6, 6.07) is 1.54. The molecule has 0 radical (unpaired) electrons. The van der Waals surface area contributed by atoms with E-state index in [1.807, 2.05) is 0 Å². The number of imidazole rings is 1. The molecule has 2 aromatic heterocycles. The molecule has 0 saturated carbocycles. The van der Waals surface area contributed by atoms with Gasteiger partial charge in [-0.1, -0.05) is 0 Å². The van der Waals surface area contributed by atoms with E-state index in [4.69, 9.17) is 5.11 Å². The number of aromatic carboxylic acids is 1. The van der Waals surface area contributed by atoms with Crippen molar-refractivity contribution in [3.8, 4) is 11.3 Å². The Bertz CT molecular complexity index is 451. The maximum Gasteiger partial charge on any atom is 0.337 e. The van der Waals surface area contributed by atoms with Gasteiger partial charge in [0.1, 0.15) is 0 Å². The fourth-order valence-corrected chi connectivity index (χ4v) is 1.12. The van der Waals surface area contributed by atoms with Crippen LogP contribution in [0.1, 0.15) is 10.4 Å². The van der Waals surface area contributed by atoms with E-state index in [0.29, 0.717) is 5.56 Å². The standard InChI is InChI=1S/C9H7N3O2/c13-9(14)7-1-6(2-10-3-7)8-4-11-5-12-8/h1-5H,(H,11,12)(H,13,14). The second kappa shape index (κ2) is 3.29. The van der Waals surface area contributed by atoms with Crippen LogP contribution in [0.4, 0.5) is 0 Å². The number of carbonyl (C=O) groups is 1. The number of aromatic amines is 1. The highest BCUT2D eigenvalue weighted by atomic mass is 16.4. The Balaban J connectivity index is 2.46. The number of aromatic nitrogens is 3. The van der Waals surface area contributed by atoms with E-state index in [2.05, 4.69) is 15.0 Å². The molecule has 0 bridgehead atoms. The third-order valence-corrected chi connectivity index (χ3v) is 1.79. The molecule has 5 heteroatoms. The third kappa shape index (κ3) is 1.47. The second-order valence-corrected chi connectivity index (χ2v) is 2.73. The molecule has 0 unspecified atom stereocenters.